The topological polar surface area (TPSA) is 59.5 Å². The van der Waals surface area contributed by atoms with Gasteiger partial charge in [0.05, 0.1) is 12.7 Å². The maximum Gasteiger partial charge on any atom is 0.246 e. The smallest absolute Gasteiger partial charge is 0.246 e. The molecule has 1 aliphatic rings. The zero-order chi connectivity index (χ0) is 16.4. The SMILES string of the molecule is O=S(=O)(c1cccc(F)c1F)N1CC[C@H](Oc2cccnc2)C1. The Morgan fingerprint density at radius 3 is 2.78 bits per heavy atom. The molecular formula is C15H14F2N2O3S. The van der Waals surface area contributed by atoms with E-state index >= 15 is 0 Å². The van der Waals surface area contributed by atoms with Crippen LogP contribution >= 0.6 is 0 Å². The summed E-state index contributed by atoms with van der Waals surface area (Å²) in [6.45, 7) is 0.260. The van der Waals surface area contributed by atoms with Crippen molar-refractivity contribution in [1.29, 1.82) is 0 Å². The number of nitrogens with zero attached hydrogens (tertiary/aromatic N) is 2. The maximum absolute atomic E-state index is 13.8. The number of aromatic nitrogens is 1. The predicted octanol–water partition coefficient (Wildman–Crippen LogP) is 2.20. The number of hydrogen-bond donors (Lipinski definition) is 0. The number of sulfonamides is 1. The van der Waals surface area contributed by atoms with Crippen LogP contribution in [0.3, 0.4) is 0 Å². The molecule has 23 heavy (non-hydrogen) atoms. The van der Waals surface area contributed by atoms with Crippen LogP contribution in [0.5, 0.6) is 5.75 Å². The van der Waals surface area contributed by atoms with Crippen molar-refractivity contribution in [1.82, 2.24) is 9.29 Å². The molecule has 0 N–H and O–H groups in total. The van der Waals surface area contributed by atoms with Crippen LogP contribution in [0, 0.1) is 11.6 Å². The Morgan fingerprint density at radius 1 is 1.22 bits per heavy atom. The Labute approximate surface area is 132 Å². The van der Waals surface area contributed by atoms with Crippen molar-refractivity contribution in [3.63, 3.8) is 0 Å². The second-order valence-corrected chi connectivity index (χ2v) is 7.04. The van der Waals surface area contributed by atoms with E-state index in [1.807, 2.05) is 0 Å². The summed E-state index contributed by atoms with van der Waals surface area (Å²) in [4.78, 5) is 3.26. The third kappa shape index (κ3) is 3.18. The van der Waals surface area contributed by atoms with Crippen molar-refractivity contribution < 1.29 is 21.9 Å². The molecule has 1 fully saturated rings. The second-order valence-electron chi connectivity index (χ2n) is 5.13. The van der Waals surface area contributed by atoms with Crippen LogP contribution in [-0.4, -0.2) is 36.9 Å². The molecule has 0 spiro atoms. The van der Waals surface area contributed by atoms with Gasteiger partial charge in [-0.1, -0.05) is 6.07 Å². The van der Waals surface area contributed by atoms with Gasteiger partial charge < -0.3 is 4.74 Å². The molecule has 1 aliphatic heterocycles. The number of hydrogen-bond acceptors (Lipinski definition) is 4. The summed E-state index contributed by atoms with van der Waals surface area (Å²) in [5.41, 5.74) is 0. The molecule has 1 saturated heterocycles. The molecule has 122 valence electrons. The van der Waals surface area contributed by atoms with Gasteiger partial charge in [0.1, 0.15) is 16.7 Å². The molecule has 1 atom stereocenters. The van der Waals surface area contributed by atoms with Crippen LogP contribution in [0.25, 0.3) is 0 Å². The molecule has 3 rings (SSSR count). The van der Waals surface area contributed by atoms with Crippen LogP contribution in [0.1, 0.15) is 6.42 Å². The van der Waals surface area contributed by atoms with E-state index in [-0.39, 0.29) is 19.2 Å². The van der Waals surface area contributed by atoms with Crippen molar-refractivity contribution in [2.45, 2.75) is 17.4 Å². The highest BCUT2D eigenvalue weighted by molar-refractivity contribution is 7.89. The van der Waals surface area contributed by atoms with E-state index in [2.05, 4.69) is 4.98 Å². The molecule has 0 unspecified atom stereocenters. The van der Waals surface area contributed by atoms with Crippen LogP contribution in [0.2, 0.25) is 0 Å². The van der Waals surface area contributed by atoms with Gasteiger partial charge in [0.25, 0.3) is 0 Å². The zero-order valence-corrected chi connectivity index (χ0v) is 12.8. The highest BCUT2D eigenvalue weighted by Crippen LogP contribution is 2.26. The largest absolute Gasteiger partial charge is 0.487 e. The Kier molecular flexibility index (Phi) is 4.27. The van der Waals surface area contributed by atoms with Crippen molar-refractivity contribution in [3.05, 3.63) is 54.4 Å². The summed E-state index contributed by atoms with van der Waals surface area (Å²) in [5, 5.41) is 0. The third-order valence-electron chi connectivity index (χ3n) is 3.58. The van der Waals surface area contributed by atoms with Gasteiger partial charge in [-0.2, -0.15) is 4.31 Å². The molecule has 2 aromatic rings. The zero-order valence-electron chi connectivity index (χ0n) is 12.0. The molecule has 0 bridgehead atoms. The molecular weight excluding hydrogens is 326 g/mol. The molecule has 0 aliphatic carbocycles. The minimum Gasteiger partial charge on any atom is -0.487 e. The van der Waals surface area contributed by atoms with E-state index in [1.54, 1.807) is 18.3 Å². The quantitative estimate of drug-likeness (QED) is 0.856. The Hall–Kier alpha value is -2.06. The molecule has 0 radical (unpaired) electrons. The number of halogens is 2. The van der Waals surface area contributed by atoms with Gasteiger partial charge >= 0.3 is 0 Å². The minimum atomic E-state index is -4.09. The summed E-state index contributed by atoms with van der Waals surface area (Å²) < 4.78 is 58.7. The van der Waals surface area contributed by atoms with Crippen molar-refractivity contribution in [3.8, 4) is 5.75 Å². The molecule has 2 heterocycles. The number of rotatable bonds is 4. The predicted molar refractivity (Wildman–Crippen MR) is 78.4 cm³/mol. The Bertz CT molecular complexity index is 800. The van der Waals surface area contributed by atoms with E-state index in [1.165, 1.54) is 12.3 Å². The lowest BCUT2D eigenvalue weighted by Gasteiger charge is -2.17. The first-order chi connectivity index (χ1) is 11.0. The molecule has 0 amide bonds. The molecule has 8 heteroatoms. The van der Waals surface area contributed by atoms with E-state index in [9.17, 15) is 17.2 Å². The van der Waals surface area contributed by atoms with Crippen LogP contribution in [0.15, 0.2) is 47.6 Å². The lowest BCUT2D eigenvalue weighted by molar-refractivity contribution is 0.214. The highest BCUT2D eigenvalue weighted by Gasteiger charge is 2.35. The second kappa shape index (κ2) is 6.21. The standard InChI is InChI=1S/C15H14F2N2O3S/c16-13-4-1-5-14(15(13)17)23(20,21)19-8-6-12(10-19)22-11-3-2-7-18-9-11/h1-5,7,9,12H,6,8,10H2/t12-/m0/s1. The van der Waals surface area contributed by atoms with Gasteiger partial charge in [-0.25, -0.2) is 17.2 Å². The minimum absolute atomic E-state index is 0.0766. The highest BCUT2D eigenvalue weighted by atomic mass is 32.2. The first-order valence-corrected chi connectivity index (χ1v) is 8.43. The summed E-state index contributed by atoms with van der Waals surface area (Å²) in [6.07, 6.45) is 3.24. The van der Waals surface area contributed by atoms with Crippen molar-refractivity contribution in [2.75, 3.05) is 13.1 Å². The lowest BCUT2D eigenvalue weighted by atomic mass is 10.3. The van der Waals surface area contributed by atoms with Crippen LogP contribution in [-0.2, 0) is 10.0 Å². The van der Waals surface area contributed by atoms with Gasteiger partial charge in [-0.3, -0.25) is 4.98 Å². The van der Waals surface area contributed by atoms with Crippen molar-refractivity contribution in [2.24, 2.45) is 0 Å². The monoisotopic (exact) mass is 340 g/mol. The summed E-state index contributed by atoms with van der Waals surface area (Å²) in [6, 6.07) is 6.54. The van der Waals surface area contributed by atoms with E-state index in [0.29, 0.717) is 12.2 Å². The fraction of sp³-hybridized carbons (Fsp3) is 0.267. The van der Waals surface area contributed by atoms with Gasteiger partial charge in [-0.15, -0.1) is 0 Å². The van der Waals surface area contributed by atoms with Gasteiger partial charge in [0.15, 0.2) is 11.6 Å². The van der Waals surface area contributed by atoms with E-state index < -0.39 is 26.6 Å². The van der Waals surface area contributed by atoms with Gasteiger partial charge in [-0.05, 0) is 30.7 Å². The Balaban J connectivity index is 1.76. The van der Waals surface area contributed by atoms with E-state index in [4.69, 9.17) is 4.74 Å². The average molecular weight is 340 g/mol. The molecule has 5 nitrogen and oxygen atoms in total. The van der Waals surface area contributed by atoms with Crippen molar-refractivity contribution >= 4 is 10.0 Å². The first-order valence-electron chi connectivity index (χ1n) is 6.99. The third-order valence-corrected chi connectivity index (χ3v) is 5.46. The molecule has 1 aromatic carbocycles. The number of benzene rings is 1. The summed E-state index contributed by atoms with van der Waals surface area (Å²) in [7, 11) is -4.09. The molecule has 1 aromatic heterocycles. The Morgan fingerprint density at radius 2 is 2.04 bits per heavy atom. The fourth-order valence-corrected chi connectivity index (χ4v) is 4.00. The fourth-order valence-electron chi connectivity index (χ4n) is 2.44. The van der Waals surface area contributed by atoms with E-state index in [0.717, 1.165) is 16.4 Å². The van der Waals surface area contributed by atoms with Crippen LogP contribution < -0.4 is 4.74 Å². The average Bonchev–Trinajstić information content (AvgIpc) is 3.00. The number of ether oxygens (including phenoxy) is 1. The number of pyridine rings is 1. The lowest BCUT2D eigenvalue weighted by Crippen LogP contribution is -2.31. The summed E-state index contributed by atoms with van der Waals surface area (Å²) in [5.74, 6) is -2.01. The normalized spacial score (nSPS) is 19.0. The first kappa shape index (κ1) is 15.8. The van der Waals surface area contributed by atoms with Crippen LogP contribution in [0.4, 0.5) is 8.78 Å². The van der Waals surface area contributed by atoms with Gasteiger partial charge in [0.2, 0.25) is 10.0 Å². The summed E-state index contributed by atoms with van der Waals surface area (Å²) >= 11 is 0. The molecule has 0 saturated carbocycles. The van der Waals surface area contributed by atoms with Gasteiger partial charge in [0, 0.05) is 12.7 Å². The maximum atomic E-state index is 13.8.